The lowest BCUT2D eigenvalue weighted by Gasteiger charge is -2.20. The molecule has 0 spiro atoms. The normalized spacial score (nSPS) is 17.6. The monoisotopic (exact) mass is 383 g/mol. The largest absolute Gasteiger partial charge is 0.507 e. The van der Waals surface area contributed by atoms with Gasteiger partial charge in [0, 0.05) is 24.7 Å². The van der Waals surface area contributed by atoms with Gasteiger partial charge in [-0.15, -0.1) is 0 Å². The topological polar surface area (TPSA) is 83.4 Å². The molecule has 1 unspecified atom stereocenters. The van der Waals surface area contributed by atoms with Crippen molar-refractivity contribution in [2.45, 2.75) is 18.6 Å². The highest BCUT2D eigenvalue weighted by Gasteiger charge is 2.32. The highest BCUT2D eigenvalue weighted by molar-refractivity contribution is 7.91. The molecule has 2 aromatic carbocycles. The van der Waals surface area contributed by atoms with Gasteiger partial charge in [0.2, 0.25) is 0 Å². The molecule has 0 bridgehead atoms. The van der Waals surface area contributed by atoms with Crippen molar-refractivity contribution in [2.75, 3.05) is 24.2 Å². The number of anilines is 1. The number of aromatic hydroxyl groups is 1. The molecule has 1 aliphatic heterocycles. The molecule has 0 saturated carbocycles. The first-order chi connectivity index (χ1) is 12.8. The maximum Gasteiger partial charge on any atom is 0.165 e. The highest BCUT2D eigenvalue weighted by atomic mass is 32.2. The number of rotatable bonds is 3. The lowest BCUT2D eigenvalue weighted by molar-refractivity contribution is 0.477. The van der Waals surface area contributed by atoms with Crippen molar-refractivity contribution in [3.63, 3.8) is 0 Å². The van der Waals surface area contributed by atoms with E-state index in [1.54, 1.807) is 18.2 Å². The van der Waals surface area contributed by atoms with Gasteiger partial charge < -0.3 is 10.0 Å². The van der Waals surface area contributed by atoms with Gasteiger partial charge >= 0.3 is 0 Å². The van der Waals surface area contributed by atoms with Crippen LogP contribution in [0.3, 0.4) is 0 Å². The third-order valence-electron chi connectivity index (χ3n) is 5.03. The molecule has 0 aliphatic carbocycles. The number of aryl methyl sites for hydroxylation is 1. The summed E-state index contributed by atoms with van der Waals surface area (Å²) >= 11 is 0. The minimum absolute atomic E-state index is 0.117. The lowest BCUT2D eigenvalue weighted by atomic mass is 10.1. The first-order valence-electron chi connectivity index (χ1n) is 8.83. The Morgan fingerprint density at radius 1 is 1.15 bits per heavy atom. The molecular formula is C20H21N3O3S. The predicted octanol–water partition coefficient (Wildman–Crippen LogP) is 2.93. The third-order valence-corrected chi connectivity index (χ3v) is 6.62. The molecule has 0 amide bonds. The molecule has 2 heterocycles. The third kappa shape index (κ3) is 3.35. The number of phenolic OH excluding ortho intramolecular Hbond substituents is 1. The van der Waals surface area contributed by atoms with Gasteiger partial charge in [-0.3, -0.25) is 0 Å². The van der Waals surface area contributed by atoms with Gasteiger partial charge in [-0.1, -0.05) is 18.2 Å². The average molecular weight is 383 g/mol. The molecule has 1 aliphatic rings. The fourth-order valence-corrected chi connectivity index (χ4v) is 4.50. The molecular weight excluding hydrogens is 362 g/mol. The van der Waals surface area contributed by atoms with Gasteiger partial charge in [-0.2, -0.15) is 0 Å². The maximum atomic E-state index is 12.0. The number of sulfone groups is 1. The molecule has 6 nitrogen and oxygen atoms in total. The molecule has 1 aromatic heterocycles. The van der Waals surface area contributed by atoms with Crippen LogP contribution in [-0.4, -0.2) is 48.1 Å². The number of para-hydroxylation sites is 1. The van der Waals surface area contributed by atoms with Crippen LogP contribution in [-0.2, 0) is 9.84 Å². The number of phenols is 1. The maximum absolute atomic E-state index is 12.0. The van der Waals surface area contributed by atoms with E-state index in [1.807, 2.05) is 36.1 Å². The van der Waals surface area contributed by atoms with E-state index in [0.29, 0.717) is 36.7 Å². The summed E-state index contributed by atoms with van der Waals surface area (Å²) in [6.07, 6.45) is 1.87. The number of hydrogen-bond acceptors (Lipinski definition) is 6. The zero-order valence-electron chi connectivity index (χ0n) is 15.3. The number of hydrogen-bond donors (Lipinski definition) is 1. The minimum Gasteiger partial charge on any atom is -0.507 e. The highest BCUT2D eigenvalue weighted by Crippen LogP contribution is 2.33. The van der Waals surface area contributed by atoms with Crippen molar-refractivity contribution in [3.05, 3.63) is 48.0 Å². The summed E-state index contributed by atoms with van der Waals surface area (Å²) in [5, 5.41) is 10.7. The quantitative estimate of drug-likeness (QED) is 0.749. The zero-order valence-corrected chi connectivity index (χ0v) is 16.1. The van der Waals surface area contributed by atoms with Crippen LogP contribution in [0, 0.1) is 6.92 Å². The molecule has 27 heavy (non-hydrogen) atoms. The first kappa shape index (κ1) is 17.7. The van der Waals surface area contributed by atoms with E-state index < -0.39 is 9.84 Å². The van der Waals surface area contributed by atoms with Crippen molar-refractivity contribution in [2.24, 2.45) is 0 Å². The van der Waals surface area contributed by atoms with Crippen molar-refractivity contribution < 1.29 is 13.5 Å². The molecule has 3 aromatic rings. The first-order valence-corrected chi connectivity index (χ1v) is 10.8. The molecule has 1 saturated heterocycles. The standard InChI is InChI=1S/C20H21N3O3S/c1-13-7-8-15-17(11-13)21-19(16-5-3-4-6-18(16)24)22-20(15)23-10-9-14(12-23)27(2,25)26/h3-8,11,14,24H,9-10,12H2,1-2H3. The molecule has 7 heteroatoms. The van der Waals surface area contributed by atoms with Crippen LogP contribution >= 0.6 is 0 Å². The minimum atomic E-state index is -3.10. The smallest absolute Gasteiger partial charge is 0.165 e. The van der Waals surface area contributed by atoms with E-state index in [2.05, 4.69) is 4.98 Å². The van der Waals surface area contributed by atoms with Gasteiger partial charge in [-0.25, -0.2) is 18.4 Å². The number of benzene rings is 2. The lowest BCUT2D eigenvalue weighted by Crippen LogP contribution is -2.27. The Hall–Kier alpha value is -2.67. The average Bonchev–Trinajstić information content (AvgIpc) is 3.11. The van der Waals surface area contributed by atoms with Crippen LogP contribution in [0.25, 0.3) is 22.3 Å². The number of aromatic nitrogens is 2. The Morgan fingerprint density at radius 3 is 2.63 bits per heavy atom. The van der Waals surface area contributed by atoms with E-state index in [-0.39, 0.29) is 11.0 Å². The molecule has 1 N–H and O–H groups in total. The van der Waals surface area contributed by atoms with E-state index in [0.717, 1.165) is 16.5 Å². The predicted molar refractivity (Wildman–Crippen MR) is 107 cm³/mol. The fourth-order valence-electron chi connectivity index (χ4n) is 3.52. The van der Waals surface area contributed by atoms with Crippen molar-refractivity contribution in [1.82, 2.24) is 9.97 Å². The van der Waals surface area contributed by atoms with E-state index in [9.17, 15) is 13.5 Å². The van der Waals surface area contributed by atoms with E-state index in [4.69, 9.17) is 4.98 Å². The molecule has 140 valence electrons. The molecule has 0 radical (unpaired) electrons. The fraction of sp³-hybridized carbons (Fsp3) is 0.300. The summed E-state index contributed by atoms with van der Waals surface area (Å²) in [5.74, 6) is 1.26. The van der Waals surface area contributed by atoms with E-state index >= 15 is 0 Å². The Kier molecular flexibility index (Phi) is 4.26. The van der Waals surface area contributed by atoms with Crippen LogP contribution in [0.2, 0.25) is 0 Å². The number of nitrogens with zero attached hydrogens (tertiary/aromatic N) is 3. The van der Waals surface area contributed by atoms with E-state index in [1.165, 1.54) is 6.26 Å². The summed E-state index contributed by atoms with van der Waals surface area (Å²) in [6.45, 7) is 3.04. The van der Waals surface area contributed by atoms with Gasteiger partial charge in [0.05, 0.1) is 16.3 Å². The van der Waals surface area contributed by atoms with Crippen LogP contribution in [0.15, 0.2) is 42.5 Å². The van der Waals surface area contributed by atoms with Crippen LogP contribution in [0.5, 0.6) is 5.75 Å². The van der Waals surface area contributed by atoms with Gasteiger partial charge in [0.25, 0.3) is 0 Å². The Bertz CT molecular complexity index is 1130. The van der Waals surface area contributed by atoms with Crippen molar-refractivity contribution in [1.29, 1.82) is 0 Å². The van der Waals surface area contributed by atoms with Gasteiger partial charge in [0.15, 0.2) is 15.7 Å². The van der Waals surface area contributed by atoms with Crippen molar-refractivity contribution in [3.8, 4) is 17.1 Å². The second-order valence-electron chi connectivity index (χ2n) is 7.09. The zero-order chi connectivity index (χ0) is 19.2. The summed E-state index contributed by atoms with van der Waals surface area (Å²) in [7, 11) is -3.10. The van der Waals surface area contributed by atoms with Crippen molar-refractivity contribution >= 4 is 26.6 Å². The van der Waals surface area contributed by atoms with Crippen LogP contribution < -0.4 is 4.90 Å². The summed E-state index contributed by atoms with van der Waals surface area (Å²) in [4.78, 5) is 11.4. The number of fused-ring (bicyclic) bond motifs is 1. The summed E-state index contributed by atoms with van der Waals surface area (Å²) < 4.78 is 23.9. The second kappa shape index (κ2) is 6.49. The molecule has 4 rings (SSSR count). The van der Waals surface area contributed by atoms with Crippen LogP contribution in [0.1, 0.15) is 12.0 Å². The summed E-state index contributed by atoms with van der Waals surface area (Å²) in [5.41, 5.74) is 2.41. The Labute approximate surface area is 158 Å². The molecule has 1 atom stereocenters. The SMILES string of the molecule is Cc1ccc2c(N3CCC(S(C)(=O)=O)C3)nc(-c3ccccc3O)nc2c1. The molecule has 1 fully saturated rings. The van der Waals surface area contributed by atoms with Crippen LogP contribution in [0.4, 0.5) is 5.82 Å². The Balaban J connectivity index is 1.88. The second-order valence-corrected chi connectivity index (χ2v) is 9.42. The Morgan fingerprint density at radius 2 is 1.93 bits per heavy atom. The summed E-state index contributed by atoms with van der Waals surface area (Å²) in [6, 6.07) is 12.9. The van der Waals surface area contributed by atoms with Gasteiger partial charge in [0.1, 0.15) is 11.6 Å². The van der Waals surface area contributed by atoms with Gasteiger partial charge in [-0.05, 0) is 43.2 Å².